The van der Waals surface area contributed by atoms with E-state index in [0.717, 1.165) is 57.8 Å². The van der Waals surface area contributed by atoms with Gasteiger partial charge in [-0.25, -0.2) is 9.36 Å². The molecule has 0 fully saturated rings. The molecule has 1 amide bonds. The Labute approximate surface area is 395 Å². The standard InChI is InChI=1S/C53H92NO10P/c1-3-5-7-9-11-13-15-17-19-21-23-24-25-27-28-30-32-34-36-38-40-42-44-51(56)54-50(53(58)59)48-64-65(60,61)63-47-49(55)46-62-52(57)45-43-41-39-37-35-33-31-29-26-22-20-18-16-14-12-10-8-6-4-2/h6,8,12,14,18,20,26,29,33,35,39,41,49-50,55H,3-5,7,9-11,13,15-17,19,21-25,27-28,30-32,34,36-38,40,42-48H2,1-2H3,(H,54,56)(H,58,59)(H,60,61)/b8-6-,14-12-,20-18-,29-26-,35-33-,41-39-. The topological polar surface area (TPSA) is 169 Å². The maximum atomic E-state index is 12.4. The minimum atomic E-state index is -4.78. The number of carboxylic acids is 1. The predicted molar refractivity (Wildman–Crippen MR) is 268 cm³/mol. The van der Waals surface area contributed by atoms with Crippen molar-refractivity contribution in [2.45, 2.75) is 225 Å². The molecule has 0 aromatic rings. The van der Waals surface area contributed by atoms with Crippen LogP contribution in [0.2, 0.25) is 0 Å². The van der Waals surface area contributed by atoms with Gasteiger partial charge in [0.05, 0.1) is 13.2 Å². The summed E-state index contributed by atoms with van der Waals surface area (Å²) in [6.45, 7) is 2.43. The Morgan fingerprint density at radius 1 is 0.508 bits per heavy atom. The van der Waals surface area contributed by atoms with Crippen molar-refractivity contribution in [1.82, 2.24) is 5.32 Å². The average molecular weight is 934 g/mol. The number of aliphatic hydroxyl groups excluding tert-OH is 1. The van der Waals surface area contributed by atoms with Crippen LogP contribution in [0, 0.1) is 0 Å². The van der Waals surface area contributed by atoms with Gasteiger partial charge in [-0.1, -0.05) is 222 Å². The van der Waals surface area contributed by atoms with Gasteiger partial charge >= 0.3 is 19.8 Å². The molecule has 0 aliphatic heterocycles. The summed E-state index contributed by atoms with van der Waals surface area (Å²) in [6, 6.07) is -1.56. The van der Waals surface area contributed by atoms with Crippen LogP contribution in [0.1, 0.15) is 213 Å². The highest BCUT2D eigenvalue weighted by Crippen LogP contribution is 2.43. The van der Waals surface area contributed by atoms with Gasteiger partial charge in [0.1, 0.15) is 12.7 Å². The van der Waals surface area contributed by atoms with Crippen molar-refractivity contribution < 1.29 is 47.8 Å². The maximum absolute atomic E-state index is 12.4. The summed E-state index contributed by atoms with van der Waals surface area (Å²) in [6.07, 6.45) is 58.0. The molecule has 0 heterocycles. The summed E-state index contributed by atoms with van der Waals surface area (Å²) in [5.41, 5.74) is 0. The Balaban J connectivity index is 3.90. The van der Waals surface area contributed by atoms with E-state index in [1.54, 1.807) is 0 Å². The molecule has 374 valence electrons. The SMILES string of the molecule is CC/C=C\C/C=C\C/C=C\C/C=C\C/C=C\C/C=C\CCC(=O)OCC(O)COP(=O)(O)OCC(NC(=O)CCCCCCCCCCCCCCCCCCCCCCCC)C(=O)O. The summed E-state index contributed by atoms with van der Waals surface area (Å²) in [5.74, 6) is -2.46. The fourth-order valence-corrected chi connectivity index (χ4v) is 7.64. The first-order valence-electron chi connectivity index (χ1n) is 25.5. The van der Waals surface area contributed by atoms with E-state index >= 15 is 0 Å². The average Bonchev–Trinajstić information content (AvgIpc) is 3.28. The number of unbranched alkanes of at least 4 members (excludes halogenated alkanes) is 21. The van der Waals surface area contributed by atoms with Crippen molar-refractivity contribution in [2.75, 3.05) is 19.8 Å². The van der Waals surface area contributed by atoms with Crippen LogP contribution in [0.5, 0.6) is 0 Å². The second kappa shape index (κ2) is 47.4. The molecule has 3 atom stereocenters. The zero-order valence-electron chi connectivity index (χ0n) is 40.8. The van der Waals surface area contributed by atoms with E-state index in [2.05, 4.69) is 79.9 Å². The first-order valence-corrected chi connectivity index (χ1v) is 27.0. The van der Waals surface area contributed by atoms with E-state index in [4.69, 9.17) is 13.8 Å². The normalized spacial score (nSPS) is 14.2. The number of esters is 1. The number of hydrogen-bond acceptors (Lipinski definition) is 8. The lowest BCUT2D eigenvalue weighted by Crippen LogP contribution is -2.43. The van der Waals surface area contributed by atoms with Gasteiger partial charge in [0.15, 0.2) is 6.04 Å². The van der Waals surface area contributed by atoms with E-state index in [9.17, 15) is 34.1 Å². The van der Waals surface area contributed by atoms with Crippen LogP contribution in [0.25, 0.3) is 0 Å². The van der Waals surface area contributed by atoms with Gasteiger partial charge in [-0.2, -0.15) is 0 Å². The highest BCUT2D eigenvalue weighted by Gasteiger charge is 2.28. The lowest BCUT2D eigenvalue weighted by atomic mass is 10.0. The summed E-state index contributed by atoms with van der Waals surface area (Å²) < 4.78 is 26.9. The second-order valence-corrected chi connectivity index (χ2v) is 18.4. The lowest BCUT2D eigenvalue weighted by molar-refractivity contribution is -0.147. The Morgan fingerprint density at radius 2 is 0.877 bits per heavy atom. The number of aliphatic hydroxyl groups is 1. The molecule has 0 saturated carbocycles. The van der Waals surface area contributed by atoms with Crippen LogP contribution < -0.4 is 5.32 Å². The lowest BCUT2D eigenvalue weighted by Gasteiger charge is -2.18. The first kappa shape index (κ1) is 61.9. The number of amides is 1. The molecule has 0 aliphatic carbocycles. The number of aliphatic carboxylic acids is 1. The summed E-state index contributed by atoms with van der Waals surface area (Å²) in [5, 5.41) is 21.9. The number of carbonyl (C=O) groups is 3. The largest absolute Gasteiger partial charge is 0.480 e. The number of allylic oxidation sites excluding steroid dienone is 12. The molecule has 0 aromatic heterocycles. The third-order valence-electron chi connectivity index (χ3n) is 10.8. The third-order valence-corrected chi connectivity index (χ3v) is 11.7. The van der Waals surface area contributed by atoms with E-state index < -0.39 is 57.6 Å². The molecule has 0 aromatic carbocycles. The van der Waals surface area contributed by atoms with Crippen molar-refractivity contribution in [2.24, 2.45) is 0 Å². The minimum absolute atomic E-state index is 0.0965. The molecule has 0 bridgehead atoms. The van der Waals surface area contributed by atoms with Gasteiger partial charge in [0, 0.05) is 12.8 Å². The van der Waals surface area contributed by atoms with Crippen LogP contribution >= 0.6 is 7.82 Å². The van der Waals surface area contributed by atoms with Crippen LogP contribution in [0.3, 0.4) is 0 Å². The second-order valence-electron chi connectivity index (χ2n) is 17.0. The molecule has 0 spiro atoms. The maximum Gasteiger partial charge on any atom is 0.472 e. The molecule has 11 nitrogen and oxygen atoms in total. The Hall–Kier alpha value is -3.08. The van der Waals surface area contributed by atoms with Crippen LogP contribution in [-0.4, -0.2) is 64.9 Å². The Morgan fingerprint density at radius 3 is 1.28 bits per heavy atom. The molecule has 4 N–H and O–H groups in total. The number of hydrogen-bond donors (Lipinski definition) is 4. The molecule has 0 rings (SSSR count). The van der Waals surface area contributed by atoms with E-state index in [1.807, 2.05) is 12.2 Å². The number of nitrogens with one attached hydrogen (secondary N) is 1. The molecule has 0 radical (unpaired) electrons. The smallest absolute Gasteiger partial charge is 0.472 e. The van der Waals surface area contributed by atoms with Crippen LogP contribution in [0.15, 0.2) is 72.9 Å². The van der Waals surface area contributed by atoms with E-state index in [0.29, 0.717) is 12.8 Å². The van der Waals surface area contributed by atoms with Gasteiger partial charge in [-0.05, 0) is 51.4 Å². The number of ether oxygens (including phenoxy) is 1. The number of carbonyl (C=O) groups excluding carboxylic acids is 2. The van der Waals surface area contributed by atoms with Gasteiger partial charge in [-0.3, -0.25) is 18.6 Å². The highest BCUT2D eigenvalue weighted by molar-refractivity contribution is 7.47. The van der Waals surface area contributed by atoms with Crippen LogP contribution in [-0.2, 0) is 32.7 Å². The van der Waals surface area contributed by atoms with Crippen molar-refractivity contribution in [3.05, 3.63) is 72.9 Å². The fourth-order valence-electron chi connectivity index (χ4n) is 6.87. The molecule has 65 heavy (non-hydrogen) atoms. The van der Waals surface area contributed by atoms with Crippen molar-refractivity contribution >= 4 is 25.7 Å². The quantitative estimate of drug-likeness (QED) is 0.0199. The van der Waals surface area contributed by atoms with Crippen molar-refractivity contribution in [1.29, 1.82) is 0 Å². The van der Waals surface area contributed by atoms with Crippen molar-refractivity contribution in [3.8, 4) is 0 Å². The van der Waals surface area contributed by atoms with Crippen LogP contribution in [0.4, 0.5) is 0 Å². The highest BCUT2D eigenvalue weighted by atomic mass is 31.2. The molecular weight excluding hydrogens is 842 g/mol. The number of rotatable bonds is 47. The van der Waals surface area contributed by atoms with Gasteiger partial charge in [0.25, 0.3) is 0 Å². The molecule has 0 saturated heterocycles. The molecular formula is C53H92NO10P. The Bertz CT molecular complexity index is 1370. The van der Waals surface area contributed by atoms with Crippen molar-refractivity contribution in [3.63, 3.8) is 0 Å². The first-order chi connectivity index (χ1) is 31.6. The monoisotopic (exact) mass is 934 g/mol. The minimum Gasteiger partial charge on any atom is -0.480 e. The Kier molecular flexibility index (Phi) is 45.2. The van der Waals surface area contributed by atoms with Gasteiger partial charge in [-0.15, -0.1) is 0 Å². The number of carboxylic acid groups (broad SMARTS) is 1. The van der Waals surface area contributed by atoms with E-state index in [-0.39, 0.29) is 12.8 Å². The fraction of sp³-hybridized carbons (Fsp3) is 0.717. The predicted octanol–water partition coefficient (Wildman–Crippen LogP) is 14.1. The number of phosphoric ester groups is 1. The molecule has 12 heteroatoms. The third kappa shape index (κ3) is 47.2. The summed E-state index contributed by atoms with van der Waals surface area (Å²) in [4.78, 5) is 46.1. The zero-order chi connectivity index (χ0) is 47.7. The van der Waals surface area contributed by atoms with Gasteiger partial charge < -0.3 is 25.2 Å². The number of phosphoric acid groups is 1. The molecule has 0 aliphatic rings. The molecule has 3 unspecified atom stereocenters. The van der Waals surface area contributed by atoms with Gasteiger partial charge in [0.2, 0.25) is 5.91 Å². The summed E-state index contributed by atoms with van der Waals surface area (Å²) >= 11 is 0. The summed E-state index contributed by atoms with van der Waals surface area (Å²) in [7, 11) is -4.78. The zero-order valence-corrected chi connectivity index (χ0v) is 41.7. The van der Waals surface area contributed by atoms with E-state index in [1.165, 1.54) is 116 Å².